The van der Waals surface area contributed by atoms with Gasteiger partial charge in [-0.1, -0.05) is 26.0 Å². The van der Waals surface area contributed by atoms with Crippen LogP contribution < -0.4 is 14.8 Å². The lowest BCUT2D eigenvalue weighted by molar-refractivity contribution is -0.149. The van der Waals surface area contributed by atoms with Crippen molar-refractivity contribution < 1.29 is 33.7 Å². The molecule has 47 heavy (non-hydrogen) atoms. The number of nitrogens with zero attached hydrogens (tertiary/aromatic N) is 3. The Morgan fingerprint density at radius 1 is 1.21 bits per heavy atom. The summed E-state index contributed by atoms with van der Waals surface area (Å²) in [5, 5.41) is 16.5. The average Bonchev–Trinajstić information content (AvgIpc) is 3.35. The summed E-state index contributed by atoms with van der Waals surface area (Å²) in [6.45, 7) is 8.37. The number of carbonyl (C=O) groups is 3. The lowest BCUT2D eigenvalue weighted by Gasteiger charge is -2.27. The first-order valence-electron chi connectivity index (χ1n) is 16.3. The molecular weight excluding hydrogens is 620 g/mol. The molecule has 0 spiro atoms. The van der Waals surface area contributed by atoms with Gasteiger partial charge in [0.1, 0.15) is 46.0 Å². The number of benzene rings is 1. The first-order valence-corrected chi connectivity index (χ1v) is 17.1. The van der Waals surface area contributed by atoms with E-state index >= 15 is 0 Å². The van der Waals surface area contributed by atoms with Crippen molar-refractivity contribution in [1.82, 2.24) is 20.2 Å². The van der Waals surface area contributed by atoms with Crippen molar-refractivity contribution in [2.75, 3.05) is 20.3 Å². The van der Waals surface area contributed by atoms with Gasteiger partial charge in [-0.05, 0) is 57.6 Å². The number of allylic oxidation sites excluding steroid dienone is 1. The zero-order valence-corrected chi connectivity index (χ0v) is 28.3. The van der Waals surface area contributed by atoms with Crippen LogP contribution in [0.1, 0.15) is 70.1 Å². The van der Waals surface area contributed by atoms with E-state index in [-0.39, 0.29) is 30.7 Å². The van der Waals surface area contributed by atoms with Crippen molar-refractivity contribution in [3.63, 3.8) is 0 Å². The third-order valence-electron chi connectivity index (χ3n) is 9.43. The van der Waals surface area contributed by atoms with Crippen LogP contribution in [0.15, 0.2) is 35.7 Å². The van der Waals surface area contributed by atoms with Crippen molar-refractivity contribution in [3.05, 3.63) is 47.0 Å². The average molecular weight is 663 g/mol. The summed E-state index contributed by atoms with van der Waals surface area (Å²) in [7, 11) is 1.62. The molecule has 4 heterocycles. The number of fused-ring (bicyclic) bond motifs is 3. The highest BCUT2D eigenvalue weighted by molar-refractivity contribution is 7.13. The molecule has 2 fully saturated rings. The van der Waals surface area contributed by atoms with Gasteiger partial charge < -0.3 is 29.5 Å². The van der Waals surface area contributed by atoms with E-state index in [1.807, 2.05) is 42.7 Å². The number of nitrogens with one attached hydrogen (secondary N) is 1. The van der Waals surface area contributed by atoms with Gasteiger partial charge in [0.15, 0.2) is 0 Å². The third-order valence-corrected chi connectivity index (χ3v) is 10.3. The molecule has 2 aromatic heterocycles. The van der Waals surface area contributed by atoms with Crippen LogP contribution in [0.5, 0.6) is 11.5 Å². The van der Waals surface area contributed by atoms with Crippen molar-refractivity contribution in [3.8, 4) is 22.2 Å². The molecule has 0 radical (unpaired) electrons. The summed E-state index contributed by atoms with van der Waals surface area (Å²) < 4.78 is 18.1. The summed E-state index contributed by atoms with van der Waals surface area (Å²) >= 11 is 1.51. The van der Waals surface area contributed by atoms with E-state index in [0.717, 1.165) is 40.9 Å². The first-order chi connectivity index (χ1) is 22.5. The molecule has 2 aliphatic heterocycles. The summed E-state index contributed by atoms with van der Waals surface area (Å²) in [6, 6.07) is 4.70. The normalized spacial score (nSPS) is 27.4. The Hall–Kier alpha value is -4.03. The topological polar surface area (TPSA) is 140 Å². The Morgan fingerprint density at radius 2 is 2.02 bits per heavy atom. The predicted molar refractivity (Wildman–Crippen MR) is 178 cm³/mol. The minimum absolute atomic E-state index is 0.136. The van der Waals surface area contributed by atoms with Gasteiger partial charge in [0.2, 0.25) is 5.91 Å². The number of carbonyl (C=O) groups excluding carboxylic acids is 2. The van der Waals surface area contributed by atoms with Crippen LogP contribution in [0.2, 0.25) is 0 Å². The molecule has 1 aliphatic carbocycles. The van der Waals surface area contributed by atoms with Gasteiger partial charge in [-0.2, -0.15) is 0 Å². The zero-order valence-electron chi connectivity index (χ0n) is 27.4. The Balaban J connectivity index is 1.34. The molecule has 12 heteroatoms. The highest BCUT2D eigenvalue weighted by Gasteiger charge is 2.61. The van der Waals surface area contributed by atoms with Crippen LogP contribution in [-0.4, -0.2) is 81.8 Å². The van der Waals surface area contributed by atoms with Gasteiger partial charge in [-0.15, -0.1) is 11.3 Å². The van der Waals surface area contributed by atoms with Gasteiger partial charge in [0.25, 0.3) is 5.91 Å². The number of aromatic nitrogens is 2. The van der Waals surface area contributed by atoms with Crippen LogP contribution in [0.25, 0.3) is 21.6 Å². The molecule has 2 amide bonds. The van der Waals surface area contributed by atoms with E-state index in [2.05, 4.69) is 19.2 Å². The van der Waals surface area contributed by atoms with Crippen LogP contribution >= 0.6 is 11.3 Å². The Bertz CT molecular complexity index is 1720. The number of hydrogen-bond acceptors (Lipinski definition) is 9. The highest BCUT2D eigenvalue weighted by Crippen LogP contribution is 2.45. The van der Waals surface area contributed by atoms with E-state index in [0.29, 0.717) is 35.7 Å². The van der Waals surface area contributed by atoms with Crippen LogP contribution in [-0.2, 0) is 19.1 Å². The lowest BCUT2D eigenvalue weighted by atomic mass is 10.1. The summed E-state index contributed by atoms with van der Waals surface area (Å²) in [5.74, 6) is -0.699. The monoisotopic (exact) mass is 662 g/mol. The number of thiazole rings is 1. The number of carboxylic acids is 1. The van der Waals surface area contributed by atoms with Crippen LogP contribution in [0, 0.1) is 12.8 Å². The molecule has 5 atom stereocenters. The van der Waals surface area contributed by atoms with E-state index in [1.165, 1.54) is 16.2 Å². The number of ether oxygens (including phenoxy) is 3. The van der Waals surface area contributed by atoms with Gasteiger partial charge in [0.05, 0.1) is 24.9 Å². The SMILES string of the molecule is COc1ccc2c(O[C@@H]3C[C@H]4C(=O)N[C@]5(C(=O)O)C[C@H]5/C=C\CCCCO[C@H](C)C(=O)N4C3)cc(-c3nc(C(C)C)cs3)nc2c1C. The molecule has 11 nitrogen and oxygen atoms in total. The summed E-state index contributed by atoms with van der Waals surface area (Å²) in [5.41, 5.74) is 1.81. The third kappa shape index (κ3) is 6.45. The largest absolute Gasteiger partial charge is 0.496 e. The molecule has 1 aromatic carbocycles. The fourth-order valence-electron chi connectivity index (χ4n) is 6.49. The second kappa shape index (κ2) is 13.2. The molecule has 0 bridgehead atoms. The number of aryl methyl sites for hydroxylation is 1. The van der Waals surface area contributed by atoms with Crippen molar-refractivity contribution >= 4 is 40.0 Å². The number of carboxylic acid groups (broad SMARTS) is 1. The van der Waals surface area contributed by atoms with E-state index in [1.54, 1.807) is 14.0 Å². The molecule has 1 saturated heterocycles. The van der Waals surface area contributed by atoms with E-state index < -0.39 is 35.7 Å². The minimum Gasteiger partial charge on any atom is -0.496 e. The summed E-state index contributed by atoms with van der Waals surface area (Å²) in [6.07, 6.45) is 5.43. The number of pyridine rings is 1. The Labute approximate surface area is 278 Å². The molecule has 250 valence electrons. The first kappa shape index (κ1) is 32.9. The van der Waals surface area contributed by atoms with Crippen molar-refractivity contribution in [1.29, 1.82) is 0 Å². The molecule has 3 aliphatic rings. The second-order valence-electron chi connectivity index (χ2n) is 13.0. The second-order valence-corrected chi connectivity index (χ2v) is 13.9. The van der Waals surface area contributed by atoms with Gasteiger partial charge >= 0.3 is 5.97 Å². The molecule has 0 unspecified atom stereocenters. The molecule has 2 N–H and O–H groups in total. The van der Waals surface area contributed by atoms with Crippen LogP contribution in [0.4, 0.5) is 0 Å². The predicted octanol–water partition coefficient (Wildman–Crippen LogP) is 5.25. The standard InChI is InChI=1S/C35H42N4O7S/c1-19(2)26-18-47-32(37-26)25-15-29(24-11-12-28(44-5)20(3)30(24)36-25)46-23-14-27-31(40)38-35(34(42)43)16-22(35)10-8-6-7-9-13-45-21(4)33(41)39(27)17-23/h8,10-12,15,18-19,21-23,27H,6-7,9,13-14,16-17H2,1-5H3,(H,38,40)(H,42,43)/b10-8-/t21-,22-,23-,27+,35-/m1/s1. The molecular formula is C35H42N4O7S. The molecule has 1 saturated carbocycles. The van der Waals surface area contributed by atoms with Gasteiger partial charge in [-0.3, -0.25) is 9.59 Å². The fourth-order valence-corrected chi connectivity index (χ4v) is 7.43. The molecule has 6 rings (SSSR count). The number of amides is 2. The van der Waals surface area contributed by atoms with Crippen molar-refractivity contribution in [2.45, 2.75) is 89.5 Å². The van der Waals surface area contributed by atoms with E-state index in [4.69, 9.17) is 24.2 Å². The number of rotatable bonds is 6. The number of hydrogen-bond donors (Lipinski definition) is 2. The van der Waals surface area contributed by atoms with Gasteiger partial charge in [0, 0.05) is 41.3 Å². The fraction of sp³-hybridized carbons (Fsp3) is 0.514. The minimum atomic E-state index is -1.38. The quantitative estimate of drug-likeness (QED) is 0.339. The maximum Gasteiger partial charge on any atom is 0.330 e. The zero-order chi connectivity index (χ0) is 33.5. The Morgan fingerprint density at radius 3 is 2.74 bits per heavy atom. The maximum atomic E-state index is 13.8. The molecule has 3 aromatic rings. The smallest absolute Gasteiger partial charge is 0.330 e. The lowest BCUT2D eigenvalue weighted by Crippen LogP contribution is -2.54. The highest BCUT2D eigenvalue weighted by atomic mass is 32.1. The van der Waals surface area contributed by atoms with E-state index in [9.17, 15) is 19.5 Å². The van der Waals surface area contributed by atoms with Crippen molar-refractivity contribution in [2.24, 2.45) is 5.92 Å². The van der Waals surface area contributed by atoms with Crippen LogP contribution in [0.3, 0.4) is 0 Å². The number of aliphatic carboxylic acids is 1. The Kier molecular flexibility index (Phi) is 9.26. The summed E-state index contributed by atoms with van der Waals surface area (Å²) in [4.78, 5) is 51.2. The van der Waals surface area contributed by atoms with Gasteiger partial charge in [-0.25, -0.2) is 14.8 Å². The maximum absolute atomic E-state index is 13.8. The number of methoxy groups -OCH3 is 1.